The second-order valence-electron chi connectivity index (χ2n) is 2.81. The zero-order valence-corrected chi connectivity index (χ0v) is 8.95. The predicted molar refractivity (Wildman–Crippen MR) is 59.2 cm³/mol. The van der Waals surface area contributed by atoms with Gasteiger partial charge in [-0.25, -0.2) is 9.97 Å². The van der Waals surface area contributed by atoms with Gasteiger partial charge in [-0.05, 0) is 0 Å². The average Bonchev–Trinajstić information content (AvgIpc) is 2.14. The lowest BCUT2D eigenvalue weighted by Gasteiger charge is -1.98. The first kappa shape index (κ1) is 11.5. The molecule has 1 rings (SSSR count). The van der Waals surface area contributed by atoms with Gasteiger partial charge in [-0.2, -0.15) is 0 Å². The van der Waals surface area contributed by atoms with Crippen molar-refractivity contribution < 1.29 is 4.79 Å². The maximum absolute atomic E-state index is 10.6. The number of amides is 1. The molecule has 0 saturated carbocycles. The highest BCUT2D eigenvalue weighted by Gasteiger charge is 1.98. The third-order valence-corrected chi connectivity index (χ3v) is 1.86. The molecule has 0 spiro atoms. The molecule has 6 heteroatoms. The molecular weight excluding hydrogens is 216 g/mol. The van der Waals surface area contributed by atoms with Gasteiger partial charge in [0.15, 0.2) is 0 Å². The smallest absolute Gasteiger partial charge is 0.221 e. The van der Waals surface area contributed by atoms with E-state index < -0.39 is 0 Å². The van der Waals surface area contributed by atoms with Crippen molar-refractivity contribution in [3.05, 3.63) is 23.0 Å². The molecule has 3 N–H and O–H groups in total. The minimum absolute atomic E-state index is 0.0840. The maximum Gasteiger partial charge on any atom is 0.221 e. The van der Waals surface area contributed by atoms with Crippen LogP contribution >= 0.6 is 11.6 Å². The molecular formula is C9H11ClN4O. The van der Waals surface area contributed by atoms with E-state index >= 15 is 0 Å². The molecule has 15 heavy (non-hydrogen) atoms. The molecule has 0 aliphatic heterocycles. The van der Waals surface area contributed by atoms with Crippen molar-refractivity contribution in [1.82, 2.24) is 15.3 Å². The van der Waals surface area contributed by atoms with Crippen molar-refractivity contribution in [1.29, 1.82) is 0 Å². The summed E-state index contributed by atoms with van der Waals surface area (Å²) in [5.74, 6) is 0.0540. The standard InChI is InChI=1S/C9H11ClN4O/c1-6(15)12-4-2-3-7-5-13-9(11)14-8(7)10/h2-3,5H,4H2,1H3,(H,12,15)(H2,11,13,14). The van der Waals surface area contributed by atoms with Crippen molar-refractivity contribution in [2.24, 2.45) is 0 Å². The predicted octanol–water partition coefficient (Wildman–Crippen LogP) is 0.861. The summed E-state index contributed by atoms with van der Waals surface area (Å²) < 4.78 is 0. The van der Waals surface area contributed by atoms with Crippen molar-refractivity contribution in [3.8, 4) is 0 Å². The first-order valence-electron chi connectivity index (χ1n) is 4.28. The Labute approximate surface area is 92.4 Å². The third kappa shape index (κ3) is 3.95. The highest BCUT2D eigenvalue weighted by atomic mass is 35.5. The van der Waals surface area contributed by atoms with Crippen molar-refractivity contribution in [2.45, 2.75) is 6.92 Å². The Bertz CT molecular complexity index is 392. The number of nitrogen functional groups attached to an aromatic ring is 1. The van der Waals surface area contributed by atoms with Crippen molar-refractivity contribution >= 4 is 29.5 Å². The van der Waals surface area contributed by atoms with Crippen LogP contribution < -0.4 is 11.1 Å². The lowest BCUT2D eigenvalue weighted by Crippen LogP contribution is -2.19. The first-order valence-corrected chi connectivity index (χ1v) is 4.66. The van der Waals surface area contributed by atoms with Crippen LogP contribution in [0.4, 0.5) is 5.95 Å². The lowest BCUT2D eigenvalue weighted by molar-refractivity contribution is -0.118. The van der Waals surface area contributed by atoms with Gasteiger partial charge in [0.1, 0.15) is 5.15 Å². The van der Waals surface area contributed by atoms with Crippen LogP contribution in [0.5, 0.6) is 0 Å². The normalized spacial score (nSPS) is 10.5. The number of nitrogens with zero attached hydrogens (tertiary/aromatic N) is 2. The number of rotatable bonds is 3. The molecule has 1 heterocycles. The van der Waals surface area contributed by atoms with E-state index in [4.69, 9.17) is 17.3 Å². The number of anilines is 1. The molecule has 0 aliphatic carbocycles. The Balaban J connectivity index is 2.60. The fraction of sp³-hybridized carbons (Fsp3) is 0.222. The lowest BCUT2D eigenvalue weighted by atomic mass is 10.3. The molecule has 0 atom stereocenters. The molecule has 1 aromatic rings. The van der Waals surface area contributed by atoms with Crippen LogP contribution in [-0.4, -0.2) is 22.4 Å². The Morgan fingerprint density at radius 2 is 2.47 bits per heavy atom. The average molecular weight is 227 g/mol. The van der Waals surface area contributed by atoms with Crippen LogP contribution in [0.3, 0.4) is 0 Å². The molecule has 0 fully saturated rings. The molecule has 80 valence electrons. The highest BCUT2D eigenvalue weighted by Crippen LogP contribution is 2.13. The molecule has 0 saturated heterocycles. The molecule has 5 nitrogen and oxygen atoms in total. The van der Waals surface area contributed by atoms with Gasteiger partial charge >= 0.3 is 0 Å². The van der Waals surface area contributed by atoms with E-state index in [0.29, 0.717) is 17.3 Å². The van der Waals surface area contributed by atoms with Crippen LogP contribution in [0.1, 0.15) is 12.5 Å². The summed E-state index contributed by atoms with van der Waals surface area (Å²) in [6.45, 7) is 1.89. The highest BCUT2D eigenvalue weighted by molar-refractivity contribution is 6.30. The fourth-order valence-electron chi connectivity index (χ4n) is 0.883. The number of hydrogen-bond donors (Lipinski definition) is 2. The van der Waals surface area contributed by atoms with E-state index in [9.17, 15) is 4.79 Å². The van der Waals surface area contributed by atoms with Gasteiger partial charge in [-0.3, -0.25) is 4.79 Å². The Kier molecular flexibility index (Phi) is 4.05. The van der Waals surface area contributed by atoms with Gasteiger partial charge in [-0.15, -0.1) is 0 Å². The number of aromatic nitrogens is 2. The van der Waals surface area contributed by atoms with E-state index in [1.54, 1.807) is 12.2 Å². The summed E-state index contributed by atoms with van der Waals surface area (Å²) in [7, 11) is 0. The molecule has 0 radical (unpaired) electrons. The molecule has 1 aromatic heterocycles. The number of nitrogens with one attached hydrogen (secondary N) is 1. The second kappa shape index (κ2) is 5.31. The van der Waals surface area contributed by atoms with Gasteiger partial charge in [0.05, 0.1) is 0 Å². The Morgan fingerprint density at radius 1 is 1.73 bits per heavy atom. The summed E-state index contributed by atoms with van der Waals surface area (Å²) in [6, 6.07) is 0. The van der Waals surface area contributed by atoms with E-state index in [1.165, 1.54) is 13.1 Å². The minimum atomic E-state index is -0.0840. The number of halogens is 1. The molecule has 0 unspecified atom stereocenters. The van der Waals surface area contributed by atoms with Crippen LogP contribution in [0.15, 0.2) is 12.3 Å². The summed E-state index contributed by atoms with van der Waals surface area (Å²) >= 11 is 5.80. The van der Waals surface area contributed by atoms with Crippen LogP contribution in [-0.2, 0) is 4.79 Å². The topological polar surface area (TPSA) is 80.9 Å². The van der Waals surface area contributed by atoms with Gasteiger partial charge in [0.25, 0.3) is 0 Å². The molecule has 1 amide bonds. The van der Waals surface area contributed by atoms with Gasteiger partial charge in [0.2, 0.25) is 11.9 Å². The van der Waals surface area contributed by atoms with Gasteiger partial charge in [0, 0.05) is 25.2 Å². The van der Waals surface area contributed by atoms with E-state index in [1.807, 2.05) is 0 Å². The first-order chi connectivity index (χ1) is 7.09. The van der Waals surface area contributed by atoms with Crippen molar-refractivity contribution in [3.63, 3.8) is 0 Å². The van der Waals surface area contributed by atoms with E-state index in [-0.39, 0.29) is 11.9 Å². The van der Waals surface area contributed by atoms with Crippen LogP contribution in [0, 0.1) is 0 Å². The fourth-order valence-corrected chi connectivity index (χ4v) is 1.08. The molecule has 0 aromatic carbocycles. The minimum Gasteiger partial charge on any atom is -0.368 e. The molecule has 0 bridgehead atoms. The summed E-state index contributed by atoms with van der Waals surface area (Å²) in [4.78, 5) is 18.1. The summed E-state index contributed by atoms with van der Waals surface area (Å²) in [5.41, 5.74) is 6.00. The zero-order valence-electron chi connectivity index (χ0n) is 8.20. The quantitative estimate of drug-likeness (QED) is 0.750. The number of carbonyl (C=O) groups excluding carboxylic acids is 1. The largest absolute Gasteiger partial charge is 0.368 e. The zero-order chi connectivity index (χ0) is 11.3. The monoisotopic (exact) mass is 226 g/mol. The van der Waals surface area contributed by atoms with Crippen LogP contribution in [0.25, 0.3) is 6.08 Å². The number of nitrogens with two attached hydrogens (primary N) is 1. The van der Waals surface area contributed by atoms with E-state index in [0.717, 1.165) is 0 Å². The number of hydrogen-bond acceptors (Lipinski definition) is 4. The van der Waals surface area contributed by atoms with Crippen LogP contribution in [0.2, 0.25) is 5.15 Å². The second-order valence-corrected chi connectivity index (χ2v) is 3.17. The van der Waals surface area contributed by atoms with E-state index in [2.05, 4.69) is 15.3 Å². The number of carbonyl (C=O) groups is 1. The Morgan fingerprint density at radius 3 is 3.07 bits per heavy atom. The SMILES string of the molecule is CC(=O)NCC=Cc1cnc(N)nc1Cl. The van der Waals surface area contributed by atoms with Crippen molar-refractivity contribution in [2.75, 3.05) is 12.3 Å². The summed E-state index contributed by atoms with van der Waals surface area (Å²) in [5, 5.41) is 2.91. The Hall–Kier alpha value is -1.62. The van der Waals surface area contributed by atoms with Gasteiger partial charge in [-0.1, -0.05) is 23.8 Å². The van der Waals surface area contributed by atoms with Gasteiger partial charge < -0.3 is 11.1 Å². The third-order valence-electron chi connectivity index (χ3n) is 1.55. The summed E-state index contributed by atoms with van der Waals surface area (Å²) in [6.07, 6.45) is 4.99. The maximum atomic E-state index is 10.6. The molecule has 0 aliphatic rings.